The van der Waals surface area contributed by atoms with Gasteiger partial charge in [0.25, 0.3) is 0 Å². The summed E-state index contributed by atoms with van der Waals surface area (Å²) in [6.07, 6.45) is 8.11. The predicted molar refractivity (Wildman–Crippen MR) is 76.2 cm³/mol. The molecule has 0 amide bonds. The van der Waals surface area contributed by atoms with Crippen molar-refractivity contribution < 1.29 is 0 Å². The van der Waals surface area contributed by atoms with Gasteiger partial charge in [0.2, 0.25) is 0 Å². The van der Waals surface area contributed by atoms with Crippen molar-refractivity contribution in [3.63, 3.8) is 0 Å². The zero-order valence-corrected chi connectivity index (χ0v) is 11.7. The van der Waals surface area contributed by atoms with E-state index in [1.54, 1.807) is 0 Å². The molecule has 0 spiro atoms. The van der Waals surface area contributed by atoms with Crippen molar-refractivity contribution in [2.75, 3.05) is 14.1 Å². The monoisotopic (exact) mass is 233 g/mol. The smallest absolute Gasteiger partial charge is 0.0342 e. The molecule has 17 heavy (non-hydrogen) atoms. The van der Waals surface area contributed by atoms with E-state index in [-0.39, 0.29) is 0 Å². The standard InChI is InChI=1S/C16H27N/c1-4-5-6-7-11-14-16(17(2)3)15-12-9-8-10-13-15/h8-10,12-13,16H,4-7,11,14H2,1-3H3. The molecule has 0 aliphatic rings. The van der Waals surface area contributed by atoms with Crippen LogP contribution in [0, 0.1) is 0 Å². The summed E-state index contributed by atoms with van der Waals surface area (Å²) < 4.78 is 0. The maximum Gasteiger partial charge on any atom is 0.0342 e. The van der Waals surface area contributed by atoms with Crippen LogP contribution in [0.4, 0.5) is 0 Å². The normalized spacial score (nSPS) is 12.9. The van der Waals surface area contributed by atoms with E-state index in [2.05, 4.69) is 56.3 Å². The summed E-state index contributed by atoms with van der Waals surface area (Å²) in [5.74, 6) is 0. The van der Waals surface area contributed by atoms with Crippen molar-refractivity contribution in [3.05, 3.63) is 35.9 Å². The van der Waals surface area contributed by atoms with Gasteiger partial charge in [-0.15, -0.1) is 0 Å². The van der Waals surface area contributed by atoms with Crippen LogP contribution in [0.5, 0.6) is 0 Å². The van der Waals surface area contributed by atoms with E-state index >= 15 is 0 Å². The fraction of sp³-hybridized carbons (Fsp3) is 0.625. The second-order valence-electron chi connectivity index (χ2n) is 5.09. The number of hydrogen-bond donors (Lipinski definition) is 0. The first-order valence-electron chi connectivity index (χ1n) is 6.97. The topological polar surface area (TPSA) is 3.24 Å². The van der Waals surface area contributed by atoms with Crippen LogP contribution in [-0.2, 0) is 0 Å². The van der Waals surface area contributed by atoms with Gasteiger partial charge < -0.3 is 4.90 Å². The lowest BCUT2D eigenvalue weighted by atomic mass is 9.99. The Morgan fingerprint density at radius 3 is 2.18 bits per heavy atom. The van der Waals surface area contributed by atoms with E-state index in [4.69, 9.17) is 0 Å². The first kappa shape index (κ1) is 14.2. The van der Waals surface area contributed by atoms with Gasteiger partial charge in [-0.1, -0.05) is 69.4 Å². The average Bonchev–Trinajstić information content (AvgIpc) is 2.34. The third-order valence-corrected chi connectivity index (χ3v) is 3.39. The third-order valence-electron chi connectivity index (χ3n) is 3.39. The summed E-state index contributed by atoms with van der Waals surface area (Å²) in [7, 11) is 4.37. The lowest BCUT2D eigenvalue weighted by Gasteiger charge is -2.24. The third kappa shape index (κ3) is 5.36. The highest BCUT2D eigenvalue weighted by atomic mass is 15.1. The van der Waals surface area contributed by atoms with Gasteiger partial charge in [-0.2, -0.15) is 0 Å². The Morgan fingerprint density at radius 1 is 0.941 bits per heavy atom. The second-order valence-corrected chi connectivity index (χ2v) is 5.09. The van der Waals surface area contributed by atoms with E-state index in [0.29, 0.717) is 6.04 Å². The number of benzene rings is 1. The molecular weight excluding hydrogens is 206 g/mol. The molecule has 1 rings (SSSR count). The molecule has 0 aliphatic carbocycles. The molecule has 0 fully saturated rings. The Labute approximate surface area is 107 Å². The van der Waals surface area contributed by atoms with Crippen molar-refractivity contribution in [2.45, 2.75) is 51.5 Å². The molecule has 0 saturated heterocycles. The average molecular weight is 233 g/mol. The zero-order valence-electron chi connectivity index (χ0n) is 11.7. The van der Waals surface area contributed by atoms with E-state index in [9.17, 15) is 0 Å². The van der Waals surface area contributed by atoms with Gasteiger partial charge in [0, 0.05) is 6.04 Å². The molecule has 1 unspecified atom stereocenters. The van der Waals surface area contributed by atoms with Gasteiger partial charge in [0.15, 0.2) is 0 Å². The summed E-state index contributed by atoms with van der Waals surface area (Å²) in [6.45, 7) is 2.27. The molecule has 1 aromatic rings. The van der Waals surface area contributed by atoms with Gasteiger partial charge in [0.05, 0.1) is 0 Å². The summed E-state index contributed by atoms with van der Waals surface area (Å²) in [4.78, 5) is 2.34. The molecule has 1 nitrogen and oxygen atoms in total. The van der Waals surface area contributed by atoms with Crippen LogP contribution in [0.2, 0.25) is 0 Å². The summed E-state index contributed by atoms with van der Waals surface area (Å²) in [5, 5.41) is 0. The molecule has 0 aliphatic heterocycles. The van der Waals surface area contributed by atoms with Gasteiger partial charge in [-0.05, 0) is 26.1 Å². The Balaban J connectivity index is 2.40. The van der Waals surface area contributed by atoms with E-state index in [0.717, 1.165) is 0 Å². The molecule has 0 bridgehead atoms. The Hall–Kier alpha value is -0.820. The maximum absolute atomic E-state index is 2.34. The first-order chi connectivity index (χ1) is 8.25. The molecule has 0 saturated carbocycles. The molecule has 0 N–H and O–H groups in total. The minimum absolute atomic E-state index is 0.581. The lowest BCUT2D eigenvalue weighted by molar-refractivity contribution is 0.276. The minimum atomic E-state index is 0.581. The number of hydrogen-bond acceptors (Lipinski definition) is 1. The Bertz CT molecular complexity index is 279. The van der Waals surface area contributed by atoms with Gasteiger partial charge in [-0.25, -0.2) is 0 Å². The van der Waals surface area contributed by atoms with E-state index < -0.39 is 0 Å². The highest BCUT2D eigenvalue weighted by molar-refractivity contribution is 5.18. The fourth-order valence-corrected chi connectivity index (χ4v) is 2.34. The zero-order chi connectivity index (χ0) is 12.5. The van der Waals surface area contributed by atoms with Gasteiger partial charge >= 0.3 is 0 Å². The molecule has 96 valence electrons. The van der Waals surface area contributed by atoms with Crippen molar-refractivity contribution in [3.8, 4) is 0 Å². The van der Waals surface area contributed by atoms with Crippen LogP contribution in [0.1, 0.15) is 57.1 Å². The molecule has 1 atom stereocenters. The van der Waals surface area contributed by atoms with Crippen molar-refractivity contribution in [2.24, 2.45) is 0 Å². The minimum Gasteiger partial charge on any atom is -0.302 e. The quantitative estimate of drug-likeness (QED) is 0.591. The van der Waals surface area contributed by atoms with Crippen LogP contribution in [0.3, 0.4) is 0 Å². The van der Waals surface area contributed by atoms with Crippen LogP contribution >= 0.6 is 0 Å². The van der Waals surface area contributed by atoms with E-state index in [1.165, 1.54) is 44.1 Å². The predicted octanol–water partition coefficient (Wildman–Crippen LogP) is 4.65. The highest BCUT2D eigenvalue weighted by Gasteiger charge is 2.12. The molecular formula is C16H27N. The number of unbranched alkanes of at least 4 members (excludes halogenated alkanes) is 4. The van der Waals surface area contributed by atoms with Crippen molar-refractivity contribution in [1.29, 1.82) is 0 Å². The van der Waals surface area contributed by atoms with Crippen LogP contribution in [0.25, 0.3) is 0 Å². The fourth-order valence-electron chi connectivity index (χ4n) is 2.34. The highest BCUT2D eigenvalue weighted by Crippen LogP contribution is 2.24. The van der Waals surface area contributed by atoms with Crippen LogP contribution in [0.15, 0.2) is 30.3 Å². The van der Waals surface area contributed by atoms with Crippen molar-refractivity contribution in [1.82, 2.24) is 4.90 Å². The molecule has 1 aromatic carbocycles. The molecule has 0 aromatic heterocycles. The first-order valence-corrected chi connectivity index (χ1v) is 6.97. The summed E-state index contributed by atoms with van der Waals surface area (Å²) in [5.41, 5.74) is 1.45. The largest absolute Gasteiger partial charge is 0.302 e. The summed E-state index contributed by atoms with van der Waals surface area (Å²) in [6, 6.07) is 11.5. The van der Waals surface area contributed by atoms with E-state index in [1.807, 2.05) is 0 Å². The lowest BCUT2D eigenvalue weighted by Crippen LogP contribution is -2.19. The van der Waals surface area contributed by atoms with Gasteiger partial charge in [-0.3, -0.25) is 0 Å². The number of rotatable bonds is 8. The van der Waals surface area contributed by atoms with Gasteiger partial charge in [0.1, 0.15) is 0 Å². The molecule has 0 heterocycles. The molecule has 0 radical (unpaired) electrons. The number of nitrogens with zero attached hydrogens (tertiary/aromatic N) is 1. The van der Waals surface area contributed by atoms with Crippen molar-refractivity contribution >= 4 is 0 Å². The Morgan fingerprint density at radius 2 is 1.59 bits per heavy atom. The van der Waals surface area contributed by atoms with Crippen LogP contribution in [-0.4, -0.2) is 19.0 Å². The SMILES string of the molecule is CCCCCCCC(c1ccccc1)N(C)C. The Kier molecular flexibility index (Phi) is 6.95. The summed E-state index contributed by atoms with van der Waals surface area (Å²) >= 11 is 0. The molecule has 1 heteroatoms. The van der Waals surface area contributed by atoms with Crippen LogP contribution < -0.4 is 0 Å². The second kappa shape index (κ2) is 8.30. The maximum atomic E-state index is 2.34.